The third kappa shape index (κ3) is 3.88. The molecule has 0 saturated carbocycles. The van der Waals surface area contributed by atoms with Crippen molar-refractivity contribution in [2.24, 2.45) is 5.92 Å². The van der Waals surface area contributed by atoms with Crippen LogP contribution in [0.5, 0.6) is 0 Å². The molecular weight excluding hydrogens is 214 g/mol. The first-order chi connectivity index (χ1) is 6.99. The van der Waals surface area contributed by atoms with Gasteiger partial charge in [0.05, 0.1) is 5.92 Å². The zero-order valence-electron chi connectivity index (χ0n) is 8.83. The first-order valence-electron chi connectivity index (χ1n) is 4.85. The van der Waals surface area contributed by atoms with E-state index in [2.05, 4.69) is 4.98 Å². The van der Waals surface area contributed by atoms with Gasteiger partial charge in [-0.15, -0.1) is 0 Å². The Balaban J connectivity index is 2.61. The first kappa shape index (κ1) is 12.0. The molecule has 0 aliphatic rings. The van der Waals surface area contributed by atoms with Crippen molar-refractivity contribution in [3.63, 3.8) is 0 Å². The van der Waals surface area contributed by atoms with Crippen molar-refractivity contribution in [3.05, 3.63) is 28.5 Å². The maximum Gasteiger partial charge on any atom is 0.306 e. The highest BCUT2D eigenvalue weighted by Crippen LogP contribution is 2.14. The number of nitrogens with zero attached hydrogens (tertiary/aromatic N) is 1. The van der Waals surface area contributed by atoms with Crippen LogP contribution in [0.1, 0.15) is 24.6 Å². The Morgan fingerprint density at radius 3 is 2.80 bits per heavy atom. The molecule has 0 aromatic carbocycles. The fraction of sp³-hybridized carbons (Fsp3) is 0.455. The molecule has 1 atom stereocenters. The van der Waals surface area contributed by atoms with Gasteiger partial charge in [0, 0.05) is 5.69 Å². The minimum absolute atomic E-state index is 0.322. The summed E-state index contributed by atoms with van der Waals surface area (Å²) in [5.41, 5.74) is 1.90. The third-order valence-electron chi connectivity index (χ3n) is 2.27. The van der Waals surface area contributed by atoms with Gasteiger partial charge < -0.3 is 5.11 Å². The highest BCUT2D eigenvalue weighted by Gasteiger charge is 2.10. The smallest absolute Gasteiger partial charge is 0.306 e. The number of pyridine rings is 1. The highest BCUT2D eigenvalue weighted by atomic mass is 35.5. The first-order valence-corrected chi connectivity index (χ1v) is 5.22. The molecule has 0 spiro atoms. The molecule has 4 heteroatoms. The third-order valence-corrected chi connectivity index (χ3v) is 2.46. The minimum atomic E-state index is -0.758. The number of rotatable bonds is 4. The van der Waals surface area contributed by atoms with Crippen molar-refractivity contribution in [2.75, 3.05) is 0 Å². The van der Waals surface area contributed by atoms with Crippen molar-refractivity contribution in [1.29, 1.82) is 0 Å². The van der Waals surface area contributed by atoms with Gasteiger partial charge >= 0.3 is 5.97 Å². The molecule has 0 amide bonds. The fourth-order valence-electron chi connectivity index (χ4n) is 1.35. The van der Waals surface area contributed by atoms with Crippen LogP contribution in [-0.4, -0.2) is 16.1 Å². The van der Waals surface area contributed by atoms with Crippen molar-refractivity contribution >= 4 is 17.6 Å². The zero-order valence-corrected chi connectivity index (χ0v) is 9.58. The van der Waals surface area contributed by atoms with Crippen LogP contribution in [0.25, 0.3) is 0 Å². The molecule has 1 aromatic rings. The Bertz CT molecular complexity index is 345. The summed E-state index contributed by atoms with van der Waals surface area (Å²) >= 11 is 5.80. The molecule has 1 unspecified atom stereocenters. The lowest BCUT2D eigenvalue weighted by atomic mass is 10.0. The topological polar surface area (TPSA) is 50.2 Å². The summed E-state index contributed by atoms with van der Waals surface area (Å²) in [4.78, 5) is 14.7. The molecule has 0 aliphatic heterocycles. The molecule has 1 aromatic heterocycles. The number of carbonyl (C=O) groups is 1. The molecule has 3 nitrogen and oxygen atoms in total. The summed E-state index contributed by atoms with van der Waals surface area (Å²) in [6, 6.07) is 3.71. The van der Waals surface area contributed by atoms with Crippen LogP contribution in [0, 0.1) is 12.8 Å². The largest absolute Gasteiger partial charge is 0.481 e. The van der Waals surface area contributed by atoms with Gasteiger partial charge in [-0.25, -0.2) is 4.98 Å². The van der Waals surface area contributed by atoms with Gasteiger partial charge in [0.25, 0.3) is 0 Å². The summed E-state index contributed by atoms with van der Waals surface area (Å²) in [6.45, 7) is 3.58. The van der Waals surface area contributed by atoms with Crippen molar-refractivity contribution in [3.8, 4) is 0 Å². The average Bonchev–Trinajstić information content (AvgIpc) is 2.12. The van der Waals surface area contributed by atoms with Crippen LogP contribution in [0.2, 0.25) is 5.15 Å². The molecule has 1 N–H and O–H groups in total. The Morgan fingerprint density at radius 2 is 2.27 bits per heavy atom. The SMILES string of the molecule is Cc1cc(CCC(C)C(=O)O)cc(Cl)n1. The monoisotopic (exact) mass is 227 g/mol. The van der Waals surface area contributed by atoms with Gasteiger partial charge in [0.15, 0.2) is 0 Å². The van der Waals surface area contributed by atoms with Crippen molar-refractivity contribution < 1.29 is 9.90 Å². The van der Waals surface area contributed by atoms with Gasteiger partial charge in [-0.05, 0) is 37.5 Å². The molecule has 1 rings (SSSR count). The summed E-state index contributed by atoms with van der Waals surface area (Å²) < 4.78 is 0. The Hall–Kier alpha value is -1.09. The lowest BCUT2D eigenvalue weighted by Gasteiger charge is -2.06. The van der Waals surface area contributed by atoms with Crippen LogP contribution < -0.4 is 0 Å². The number of halogens is 1. The van der Waals surface area contributed by atoms with E-state index in [1.165, 1.54) is 0 Å². The number of hydrogen-bond acceptors (Lipinski definition) is 2. The standard InChI is InChI=1S/C11H14ClNO2/c1-7(11(14)15)3-4-9-5-8(2)13-10(12)6-9/h5-7H,3-4H2,1-2H3,(H,14,15). The summed E-state index contributed by atoms with van der Waals surface area (Å²) in [7, 11) is 0. The number of aromatic nitrogens is 1. The predicted molar refractivity (Wildman–Crippen MR) is 59.1 cm³/mol. The van der Waals surface area contributed by atoms with Gasteiger partial charge in [-0.3, -0.25) is 4.79 Å². The van der Waals surface area contributed by atoms with E-state index >= 15 is 0 Å². The normalized spacial score (nSPS) is 12.5. The molecule has 82 valence electrons. The van der Waals surface area contributed by atoms with Gasteiger partial charge in [-0.2, -0.15) is 0 Å². The van der Waals surface area contributed by atoms with Gasteiger partial charge in [-0.1, -0.05) is 18.5 Å². The summed E-state index contributed by atoms with van der Waals surface area (Å²) in [5, 5.41) is 9.20. The highest BCUT2D eigenvalue weighted by molar-refractivity contribution is 6.29. The van der Waals surface area contributed by atoms with Crippen molar-refractivity contribution in [1.82, 2.24) is 4.98 Å². The number of carboxylic acid groups (broad SMARTS) is 1. The summed E-state index contributed by atoms with van der Waals surface area (Å²) in [6.07, 6.45) is 1.34. The fourth-order valence-corrected chi connectivity index (χ4v) is 1.62. The minimum Gasteiger partial charge on any atom is -0.481 e. The second-order valence-electron chi connectivity index (χ2n) is 3.72. The van der Waals surface area contributed by atoms with E-state index in [1.807, 2.05) is 13.0 Å². The van der Waals surface area contributed by atoms with Gasteiger partial charge in [0.2, 0.25) is 0 Å². The van der Waals surface area contributed by atoms with Crippen LogP contribution in [-0.2, 0) is 11.2 Å². The Kier molecular flexibility index (Phi) is 4.09. The van der Waals surface area contributed by atoms with E-state index in [1.54, 1.807) is 13.0 Å². The van der Waals surface area contributed by atoms with E-state index < -0.39 is 5.97 Å². The number of carboxylic acids is 1. The van der Waals surface area contributed by atoms with Crippen LogP contribution >= 0.6 is 11.6 Å². The molecule has 15 heavy (non-hydrogen) atoms. The Labute approximate surface area is 94.1 Å². The quantitative estimate of drug-likeness (QED) is 0.805. The molecule has 0 saturated heterocycles. The van der Waals surface area contributed by atoms with E-state index in [0.29, 0.717) is 11.6 Å². The lowest BCUT2D eigenvalue weighted by Crippen LogP contribution is -2.10. The average molecular weight is 228 g/mol. The lowest BCUT2D eigenvalue weighted by molar-refractivity contribution is -0.141. The molecule has 0 radical (unpaired) electrons. The van der Waals surface area contributed by atoms with E-state index in [-0.39, 0.29) is 5.92 Å². The molecule has 0 aliphatic carbocycles. The molecule has 1 heterocycles. The van der Waals surface area contributed by atoms with Gasteiger partial charge in [0.1, 0.15) is 5.15 Å². The number of aryl methyl sites for hydroxylation is 2. The maximum absolute atomic E-state index is 10.6. The van der Waals surface area contributed by atoms with Crippen molar-refractivity contribution in [2.45, 2.75) is 26.7 Å². The number of aliphatic carboxylic acids is 1. The molecule has 0 bridgehead atoms. The molecular formula is C11H14ClNO2. The van der Waals surface area contributed by atoms with Crippen LogP contribution in [0.15, 0.2) is 12.1 Å². The summed E-state index contributed by atoms with van der Waals surface area (Å²) in [5.74, 6) is -1.08. The second-order valence-corrected chi connectivity index (χ2v) is 4.10. The van der Waals surface area contributed by atoms with E-state index in [4.69, 9.17) is 16.7 Å². The van der Waals surface area contributed by atoms with E-state index in [0.717, 1.165) is 17.7 Å². The predicted octanol–water partition coefficient (Wildman–Crippen LogP) is 2.70. The van der Waals surface area contributed by atoms with Crippen LogP contribution in [0.3, 0.4) is 0 Å². The Morgan fingerprint density at radius 1 is 1.60 bits per heavy atom. The maximum atomic E-state index is 10.6. The molecule has 0 fully saturated rings. The number of hydrogen-bond donors (Lipinski definition) is 1. The van der Waals surface area contributed by atoms with E-state index in [9.17, 15) is 4.79 Å². The second kappa shape index (κ2) is 5.12. The van der Waals surface area contributed by atoms with Crippen LogP contribution in [0.4, 0.5) is 0 Å². The zero-order chi connectivity index (χ0) is 11.4.